The van der Waals surface area contributed by atoms with Crippen LogP contribution in [0.3, 0.4) is 0 Å². The molecule has 0 amide bonds. The van der Waals surface area contributed by atoms with E-state index in [0.717, 1.165) is 43.5 Å². The standard InChI is InChI=1S/C18H21ClN2O3/c19-17-9-16-13(1-4-21-18(16)23)7-14(17)8-15(22)11-20-10-12-2-5-24-6-3-12/h1,4,7,9,12,20H,2-3,5-6,8,10-11H2,(H,21,23). The number of carbonyl (C=O) groups excluding carboxylic acids is 1. The van der Waals surface area contributed by atoms with Crippen LogP contribution in [0.2, 0.25) is 5.02 Å². The van der Waals surface area contributed by atoms with E-state index in [1.54, 1.807) is 12.3 Å². The van der Waals surface area contributed by atoms with Crippen LogP contribution < -0.4 is 10.9 Å². The van der Waals surface area contributed by atoms with Crippen molar-refractivity contribution in [1.82, 2.24) is 10.3 Å². The Morgan fingerprint density at radius 2 is 2.12 bits per heavy atom. The molecule has 0 atom stereocenters. The summed E-state index contributed by atoms with van der Waals surface area (Å²) in [5.74, 6) is 0.677. The molecule has 3 rings (SSSR count). The first-order valence-corrected chi connectivity index (χ1v) is 8.61. The highest BCUT2D eigenvalue weighted by atomic mass is 35.5. The third-order valence-corrected chi connectivity index (χ3v) is 4.78. The number of carbonyl (C=O) groups is 1. The smallest absolute Gasteiger partial charge is 0.255 e. The van der Waals surface area contributed by atoms with Crippen LogP contribution in [0.5, 0.6) is 0 Å². The second kappa shape index (κ2) is 7.92. The molecule has 6 heteroatoms. The van der Waals surface area contributed by atoms with Crippen LogP contribution in [0.25, 0.3) is 10.8 Å². The number of H-pyrrole nitrogens is 1. The number of hydrogen-bond donors (Lipinski definition) is 2. The van der Waals surface area contributed by atoms with Gasteiger partial charge in [0.1, 0.15) is 0 Å². The predicted octanol–water partition coefficient (Wildman–Crippen LogP) is 2.31. The van der Waals surface area contributed by atoms with Gasteiger partial charge in [-0.05, 0) is 54.5 Å². The summed E-state index contributed by atoms with van der Waals surface area (Å²) < 4.78 is 5.33. The number of ketones is 1. The van der Waals surface area contributed by atoms with Crippen LogP contribution in [0.1, 0.15) is 18.4 Å². The highest BCUT2D eigenvalue weighted by molar-refractivity contribution is 6.32. The Labute approximate surface area is 145 Å². The first-order chi connectivity index (χ1) is 11.6. The van der Waals surface area contributed by atoms with Gasteiger partial charge in [-0.3, -0.25) is 9.59 Å². The normalized spacial score (nSPS) is 15.7. The summed E-state index contributed by atoms with van der Waals surface area (Å²) >= 11 is 6.24. The van der Waals surface area contributed by atoms with Crippen molar-refractivity contribution in [2.45, 2.75) is 19.3 Å². The van der Waals surface area contributed by atoms with Gasteiger partial charge in [0.15, 0.2) is 5.78 Å². The van der Waals surface area contributed by atoms with Crippen molar-refractivity contribution in [2.24, 2.45) is 5.92 Å². The molecule has 1 saturated heterocycles. The van der Waals surface area contributed by atoms with Gasteiger partial charge in [0, 0.05) is 36.2 Å². The second-order valence-electron chi connectivity index (χ2n) is 6.24. The lowest BCUT2D eigenvalue weighted by atomic mass is 10.0. The minimum atomic E-state index is -0.176. The van der Waals surface area contributed by atoms with E-state index in [0.29, 0.717) is 22.9 Å². The van der Waals surface area contributed by atoms with Gasteiger partial charge in [0.2, 0.25) is 0 Å². The highest BCUT2D eigenvalue weighted by Gasteiger charge is 2.14. The summed E-state index contributed by atoms with van der Waals surface area (Å²) in [5.41, 5.74) is 0.582. The van der Waals surface area contributed by atoms with Crippen LogP contribution in [-0.4, -0.2) is 37.1 Å². The third-order valence-electron chi connectivity index (χ3n) is 4.42. The average molecular weight is 349 g/mol. The Morgan fingerprint density at radius 3 is 2.92 bits per heavy atom. The zero-order chi connectivity index (χ0) is 16.9. The molecule has 0 unspecified atom stereocenters. The largest absolute Gasteiger partial charge is 0.381 e. The van der Waals surface area contributed by atoms with Crippen LogP contribution in [0.15, 0.2) is 29.2 Å². The van der Waals surface area contributed by atoms with Gasteiger partial charge in [0.25, 0.3) is 5.56 Å². The number of rotatable bonds is 6. The summed E-state index contributed by atoms with van der Waals surface area (Å²) in [5, 5.41) is 5.02. The number of Topliss-reactive ketones (excluding diaryl/α,β-unsaturated/α-hetero) is 1. The number of pyridine rings is 1. The maximum absolute atomic E-state index is 12.2. The molecule has 0 spiro atoms. The van der Waals surface area contributed by atoms with E-state index in [1.165, 1.54) is 0 Å². The molecule has 1 aromatic carbocycles. The number of benzene rings is 1. The number of hydrogen-bond acceptors (Lipinski definition) is 4. The lowest BCUT2D eigenvalue weighted by Crippen LogP contribution is -2.31. The molecule has 0 aliphatic carbocycles. The average Bonchev–Trinajstić information content (AvgIpc) is 2.57. The van der Waals surface area contributed by atoms with Crippen LogP contribution >= 0.6 is 11.6 Å². The van der Waals surface area contributed by atoms with Crippen molar-refractivity contribution in [1.29, 1.82) is 0 Å². The number of fused-ring (bicyclic) bond motifs is 1. The zero-order valence-electron chi connectivity index (χ0n) is 13.4. The Balaban J connectivity index is 1.58. The molecule has 1 aromatic heterocycles. The molecular weight excluding hydrogens is 328 g/mol. The van der Waals surface area contributed by atoms with Crippen molar-refractivity contribution in [3.8, 4) is 0 Å². The maximum Gasteiger partial charge on any atom is 0.255 e. The number of aromatic amines is 1. The van der Waals surface area contributed by atoms with Gasteiger partial charge in [-0.25, -0.2) is 0 Å². The molecule has 24 heavy (non-hydrogen) atoms. The molecule has 128 valence electrons. The van der Waals surface area contributed by atoms with E-state index in [9.17, 15) is 9.59 Å². The Hall–Kier alpha value is -1.69. The minimum Gasteiger partial charge on any atom is -0.381 e. The van der Waals surface area contributed by atoms with E-state index in [2.05, 4.69) is 10.3 Å². The second-order valence-corrected chi connectivity index (χ2v) is 6.65. The van der Waals surface area contributed by atoms with Crippen molar-refractivity contribution in [2.75, 3.05) is 26.3 Å². The van der Waals surface area contributed by atoms with E-state index in [-0.39, 0.29) is 17.8 Å². The van der Waals surface area contributed by atoms with Gasteiger partial charge in [0.05, 0.1) is 6.54 Å². The SMILES string of the molecule is O=C(CNCC1CCOCC1)Cc1cc2cc[nH]c(=O)c2cc1Cl. The first-order valence-electron chi connectivity index (χ1n) is 8.23. The molecule has 0 saturated carbocycles. The molecular formula is C18H21ClN2O3. The topological polar surface area (TPSA) is 71.2 Å². The quantitative estimate of drug-likeness (QED) is 0.840. The lowest BCUT2D eigenvalue weighted by molar-refractivity contribution is -0.117. The van der Waals surface area contributed by atoms with Crippen molar-refractivity contribution < 1.29 is 9.53 Å². The van der Waals surface area contributed by atoms with Gasteiger partial charge in [-0.2, -0.15) is 0 Å². The van der Waals surface area contributed by atoms with Crippen molar-refractivity contribution in [3.63, 3.8) is 0 Å². The van der Waals surface area contributed by atoms with Crippen molar-refractivity contribution >= 4 is 28.2 Å². The molecule has 2 aromatic rings. The fourth-order valence-electron chi connectivity index (χ4n) is 3.03. The molecule has 2 heterocycles. The monoisotopic (exact) mass is 348 g/mol. The van der Waals surface area contributed by atoms with E-state index in [4.69, 9.17) is 16.3 Å². The Bertz CT molecular complexity index is 781. The van der Waals surface area contributed by atoms with E-state index >= 15 is 0 Å². The molecule has 0 bridgehead atoms. The summed E-state index contributed by atoms with van der Waals surface area (Å²) in [7, 11) is 0. The van der Waals surface area contributed by atoms with Crippen LogP contribution in [-0.2, 0) is 16.0 Å². The predicted molar refractivity (Wildman–Crippen MR) is 94.7 cm³/mol. The first kappa shape index (κ1) is 17.1. The van der Waals surface area contributed by atoms with Gasteiger partial charge in [-0.15, -0.1) is 0 Å². The molecule has 1 aliphatic heterocycles. The molecule has 2 N–H and O–H groups in total. The fourth-order valence-corrected chi connectivity index (χ4v) is 3.26. The zero-order valence-corrected chi connectivity index (χ0v) is 14.2. The van der Waals surface area contributed by atoms with Crippen LogP contribution in [0, 0.1) is 5.92 Å². The van der Waals surface area contributed by atoms with Gasteiger partial charge >= 0.3 is 0 Å². The maximum atomic E-state index is 12.2. The van der Waals surface area contributed by atoms with E-state index in [1.807, 2.05) is 12.1 Å². The highest BCUT2D eigenvalue weighted by Crippen LogP contribution is 2.22. The third kappa shape index (κ3) is 4.23. The summed E-state index contributed by atoms with van der Waals surface area (Å²) in [6.07, 6.45) is 3.96. The number of ether oxygens (including phenoxy) is 1. The Kier molecular flexibility index (Phi) is 5.66. The van der Waals surface area contributed by atoms with Crippen LogP contribution in [0.4, 0.5) is 0 Å². The van der Waals surface area contributed by atoms with Crippen molar-refractivity contribution in [3.05, 3.63) is 45.3 Å². The molecule has 5 nitrogen and oxygen atoms in total. The fraction of sp³-hybridized carbons (Fsp3) is 0.444. The number of aromatic nitrogens is 1. The molecule has 1 aliphatic rings. The van der Waals surface area contributed by atoms with Gasteiger partial charge < -0.3 is 15.0 Å². The number of halogens is 1. The minimum absolute atomic E-state index is 0.0909. The van der Waals surface area contributed by atoms with Gasteiger partial charge in [-0.1, -0.05) is 11.6 Å². The Morgan fingerprint density at radius 1 is 1.33 bits per heavy atom. The van der Waals surface area contributed by atoms with E-state index < -0.39 is 0 Å². The summed E-state index contributed by atoms with van der Waals surface area (Å²) in [4.78, 5) is 26.6. The molecule has 1 fully saturated rings. The molecule has 0 radical (unpaired) electrons. The lowest BCUT2D eigenvalue weighted by Gasteiger charge is -2.22. The summed E-state index contributed by atoms with van der Waals surface area (Å²) in [6.45, 7) is 2.80. The summed E-state index contributed by atoms with van der Waals surface area (Å²) in [6, 6.07) is 5.27. The number of nitrogens with one attached hydrogen (secondary N) is 2.